The molecule has 0 bridgehead atoms. The van der Waals surface area contributed by atoms with Crippen LogP contribution in [0.3, 0.4) is 0 Å². The molecule has 1 aromatic rings. The maximum Gasteiger partial charge on any atom is 0.122 e. The van der Waals surface area contributed by atoms with Crippen LogP contribution < -0.4 is 11.1 Å². The van der Waals surface area contributed by atoms with Gasteiger partial charge in [-0.15, -0.1) is 0 Å². The molecule has 1 heterocycles. The lowest BCUT2D eigenvalue weighted by Crippen LogP contribution is -2.13. The van der Waals surface area contributed by atoms with E-state index < -0.39 is 0 Å². The van der Waals surface area contributed by atoms with Crippen LogP contribution in [0.15, 0.2) is 18.3 Å². The molecular weight excluding hydrogens is 242 g/mol. The van der Waals surface area contributed by atoms with Crippen LogP contribution in [0.5, 0.6) is 0 Å². The maximum atomic E-state index is 5.51. The topological polar surface area (TPSA) is 50.9 Å². The average Bonchev–Trinajstić information content (AvgIpc) is 2.40. The molecule has 98 valence electrons. The van der Waals surface area contributed by atoms with Gasteiger partial charge in [0.1, 0.15) is 4.99 Å². The van der Waals surface area contributed by atoms with Crippen LogP contribution in [-0.4, -0.2) is 16.5 Å². The lowest BCUT2D eigenvalue weighted by Gasteiger charge is -2.21. The maximum absolute atomic E-state index is 5.51. The molecule has 0 aliphatic heterocycles. The summed E-state index contributed by atoms with van der Waals surface area (Å²) < 4.78 is 0. The Bertz CT molecular complexity index is 383. The van der Waals surface area contributed by atoms with Crippen molar-refractivity contribution in [3.8, 4) is 0 Å². The molecule has 4 heteroatoms. The first-order valence-corrected chi connectivity index (χ1v) is 7.16. The SMILES string of the molecule is NC(=S)c1ccc(NCCC2CCCCC2)cn1. The summed E-state index contributed by atoms with van der Waals surface area (Å²) in [6.07, 6.45) is 10.1. The smallest absolute Gasteiger partial charge is 0.122 e. The van der Waals surface area contributed by atoms with Crippen molar-refractivity contribution in [3.05, 3.63) is 24.0 Å². The fraction of sp³-hybridized carbons (Fsp3) is 0.571. The van der Waals surface area contributed by atoms with Crippen LogP contribution in [0.1, 0.15) is 44.2 Å². The number of nitrogens with one attached hydrogen (secondary N) is 1. The van der Waals surface area contributed by atoms with Crippen molar-refractivity contribution in [2.75, 3.05) is 11.9 Å². The molecule has 0 saturated heterocycles. The molecule has 1 aliphatic rings. The second-order valence-electron chi connectivity index (χ2n) is 5.02. The van der Waals surface area contributed by atoms with E-state index in [1.165, 1.54) is 38.5 Å². The van der Waals surface area contributed by atoms with Gasteiger partial charge in [-0.3, -0.25) is 4.98 Å². The minimum absolute atomic E-state index is 0.351. The van der Waals surface area contributed by atoms with Gasteiger partial charge < -0.3 is 11.1 Å². The molecular formula is C14H21N3S. The van der Waals surface area contributed by atoms with E-state index in [4.69, 9.17) is 18.0 Å². The van der Waals surface area contributed by atoms with E-state index in [1.54, 1.807) is 6.20 Å². The highest BCUT2D eigenvalue weighted by molar-refractivity contribution is 7.80. The van der Waals surface area contributed by atoms with Gasteiger partial charge in [0.25, 0.3) is 0 Å². The van der Waals surface area contributed by atoms with E-state index in [0.717, 1.165) is 18.2 Å². The van der Waals surface area contributed by atoms with Gasteiger partial charge in [-0.05, 0) is 24.5 Å². The molecule has 3 nitrogen and oxygen atoms in total. The van der Waals surface area contributed by atoms with E-state index in [9.17, 15) is 0 Å². The number of nitrogens with zero attached hydrogens (tertiary/aromatic N) is 1. The van der Waals surface area contributed by atoms with Crippen molar-refractivity contribution >= 4 is 22.9 Å². The predicted octanol–water partition coefficient (Wildman–Crippen LogP) is 3.10. The van der Waals surface area contributed by atoms with Crippen molar-refractivity contribution in [2.24, 2.45) is 11.7 Å². The molecule has 0 amide bonds. The third-order valence-electron chi connectivity index (χ3n) is 3.62. The van der Waals surface area contributed by atoms with Crippen LogP contribution in [0.4, 0.5) is 5.69 Å². The Morgan fingerprint density at radius 1 is 1.33 bits per heavy atom. The lowest BCUT2D eigenvalue weighted by molar-refractivity contribution is 0.345. The first-order chi connectivity index (χ1) is 8.75. The monoisotopic (exact) mass is 263 g/mol. The van der Waals surface area contributed by atoms with Gasteiger partial charge in [0.05, 0.1) is 17.6 Å². The summed E-state index contributed by atoms with van der Waals surface area (Å²) >= 11 is 4.87. The number of nitrogens with two attached hydrogens (primary N) is 1. The van der Waals surface area contributed by atoms with Crippen molar-refractivity contribution in [3.63, 3.8) is 0 Å². The van der Waals surface area contributed by atoms with Crippen molar-refractivity contribution < 1.29 is 0 Å². The Morgan fingerprint density at radius 2 is 2.11 bits per heavy atom. The molecule has 0 unspecified atom stereocenters. The fourth-order valence-corrected chi connectivity index (χ4v) is 2.66. The predicted molar refractivity (Wildman–Crippen MR) is 79.8 cm³/mol. The number of anilines is 1. The van der Waals surface area contributed by atoms with Gasteiger partial charge >= 0.3 is 0 Å². The Kier molecular flexibility index (Phi) is 4.93. The number of pyridine rings is 1. The zero-order chi connectivity index (χ0) is 12.8. The summed E-state index contributed by atoms with van der Waals surface area (Å²) in [5.74, 6) is 0.912. The summed E-state index contributed by atoms with van der Waals surface area (Å²) in [6, 6.07) is 3.85. The van der Waals surface area contributed by atoms with Crippen molar-refractivity contribution in [1.82, 2.24) is 4.98 Å². The standard InChI is InChI=1S/C14H21N3S/c15-14(18)13-7-6-12(10-17-13)16-9-8-11-4-2-1-3-5-11/h6-7,10-11,16H,1-5,8-9H2,(H2,15,18). The molecule has 0 atom stereocenters. The number of aromatic nitrogens is 1. The first-order valence-electron chi connectivity index (χ1n) is 6.75. The van der Waals surface area contributed by atoms with Crippen LogP contribution >= 0.6 is 12.2 Å². The van der Waals surface area contributed by atoms with Crippen LogP contribution in [-0.2, 0) is 0 Å². The van der Waals surface area contributed by atoms with Crippen LogP contribution in [0.2, 0.25) is 0 Å². The normalized spacial score (nSPS) is 16.4. The number of thiocarbonyl (C=S) groups is 1. The molecule has 0 spiro atoms. The van der Waals surface area contributed by atoms with Gasteiger partial charge in [-0.25, -0.2) is 0 Å². The molecule has 18 heavy (non-hydrogen) atoms. The highest BCUT2D eigenvalue weighted by Gasteiger charge is 2.12. The van der Waals surface area contributed by atoms with Gasteiger partial charge in [0.15, 0.2) is 0 Å². The molecule has 3 N–H and O–H groups in total. The number of hydrogen-bond acceptors (Lipinski definition) is 3. The van der Waals surface area contributed by atoms with Crippen LogP contribution in [0, 0.1) is 5.92 Å². The quantitative estimate of drug-likeness (QED) is 0.802. The Balaban J connectivity index is 1.74. The second kappa shape index (κ2) is 6.69. The summed E-state index contributed by atoms with van der Waals surface area (Å²) in [4.78, 5) is 4.57. The summed E-state index contributed by atoms with van der Waals surface area (Å²) in [5, 5.41) is 3.41. The van der Waals surface area contributed by atoms with E-state index in [0.29, 0.717) is 10.7 Å². The fourth-order valence-electron chi connectivity index (χ4n) is 2.54. The third-order valence-corrected chi connectivity index (χ3v) is 3.83. The zero-order valence-electron chi connectivity index (χ0n) is 10.7. The van der Waals surface area contributed by atoms with Crippen LogP contribution in [0.25, 0.3) is 0 Å². The molecule has 1 fully saturated rings. The summed E-state index contributed by atoms with van der Waals surface area (Å²) in [5.41, 5.74) is 7.24. The first kappa shape index (κ1) is 13.3. The van der Waals surface area contributed by atoms with Gasteiger partial charge in [-0.2, -0.15) is 0 Å². The van der Waals surface area contributed by atoms with Gasteiger partial charge in [0.2, 0.25) is 0 Å². The average molecular weight is 263 g/mol. The van der Waals surface area contributed by atoms with E-state index in [2.05, 4.69) is 10.3 Å². The Morgan fingerprint density at radius 3 is 2.72 bits per heavy atom. The largest absolute Gasteiger partial charge is 0.388 e. The third kappa shape index (κ3) is 3.95. The van der Waals surface area contributed by atoms with E-state index in [-0.39, 0.29) is 0 Å². The number of rotatable bonds is 5. The zero-order valence-corrected chi connectivity index (χ0v) is 11.5. The highest BCUT2D eigenvalue weighted by atomic mass is 32.1. The van der Waals surface area contributed by atoms with Gasteiger partial charge in [-0.1, -0.05) is 44.3 Å². The summed E-state index contributed by atoms with van der Waals surface area (Å²) in [6.45, 7) is 1.03. The second-order valence-corrected chi connectivity index (χ2v) is 5.46. The highest BCUT2D eigenvalue weighted by Crippen LogP contribution is 2.26. The van der Waals surface area contributed by atoms with E-state index >= 15 is 0 Å². The summed E-state index contributed by atoms with van der Waals surface area (Å²) in [7, 11) is 0. The lowest BCUT2D eigenvalue weighted by atomic mass is 9.87. The Labute approximate surface area is 114 Å². The number of hydrogen-bond donors (Lipinski definition) is 2. The molecule has 0 radical (unpaired) electrons. The molecule has 1 aliphatic carbocycles. The van der Waals surface area contributed by atoms with Crippen molar-refractivity contribution in [2.45, 2.75) is 38.5 Å². The molecule has 1 aromatic heterocycles. The minimum atomic E-state index is 0.351. The molecule has 1 saturated carbocycles. The van der Waals surface area contributed by atoms with E-state index in [1.807, 2.05) is 12.1 Å². The minimum Gasteiger partial charge on any atom is -0.388 e. The molecule has 0 aromatic carbocycles. The van der Waals surface area contributed by atoms with Crippen molar-refractivity contribution in [1.29, 1.82) is 0 Å². The van der Waals surface area contributed by atoms with Gasteiger partial charge in [0, 0.05) is 6.54 Å². The molecule has 2 rings (SSSR count). The Hall–Kier alpha value is -1.16.